The molecule has 1 N–H and O–H groups in total. The summed E-state index contributed by atoms with van der Waals surface area (Å²) in [5.41, 5.74) is -0.0282. The summed E-state index contributed by atoms with van der Waals surface area (Å²) in [4.78, 5) is 0. The number of halogens is 2. The molecular weight excluding hydrogens is 202 g/mol. The predicted octanol–water partition coefficient (Wildman–Crippen LogP) is 2.28. The van der Waals surface area contributed by atoms with Crippen molar-refractivity contribution in [2.75, 3.05) is 13.7 Å². The first-order valence-electron chi connectivity index (χ1n) is 4.68. The lowest BCUT2D eigenvalue weighted by atomic mass is 9.97. The minimum atomic E-state index is -1.05. The second kappa shape index (κ2) is 5.19. The second-order valence-corrected chi connectivity index (χ2v) is 3.52. The van der Waals surface area contributed by atoms with Crippen molar-refractivity contribution in [1.82, 2.24) is 0 Å². The number of hydrogen-bond acceptors (Lipinski definition) is 2. The van der Waals surface area contributed by atoms with Crippen molar-refractivity contribution in [3.05, 3.63) is 35.4 Å². The molecule has 1 aromatic rings. The van der Waals surface area contributed by atoms with E-state index in [2.05, 4.69) is 0 Å². The van der Waals surface area contributed by atoms with Gasteiger partial charge in [0, 0.05) is 18.6 Å². The molecule has 2 nitrogen and oxygen atoms in total. The van der Waals surface area contributed by atoms with Crippen molar-refractivity contribution in [3.8, 4) is 0 Å². The molecule has 0 saturated carbocycles. The summed E-state index contributed by atoms with van der Waals surface area (Å²) in [5, 5.41) is 9.74. The molecule has 0 aliphatic carbocycles. The number of hydrogen-bond donors (Lipinski definition) is 1. The normalized spacial score (nSPS) is 15.0. The Kier molecular flexibility index (Phi) is 4.17. The van der Waals surface area contributed by atoms with E-state index in [1.165, 1.54) is 19.2 Å². The van der Waals surface area contributed by atoms with Crippen LogP contribution >= 0.6 is 0 Å². The molecule has 2 atom stereocenters. The van der Waals surface area contributed by atoms with Crippen LogP contribution in [-0.2, 0) is 4.74 Å². The molecule has 84 valence electrons. The van der Waals surface area contributed by atoms with Gasteiger partial charge in [-0.2, -0.15) is 0 Å². The molecule has 0 aromatic heterocycles. The lowest BCUT2D eigenvalue weighted by Gasteiger charge is -2.18. The van der Waals surface area contributed by atoms with Gasteiger partial charge in [0.25, 0.3) is 0 Å². The monoisotopic (exact) mass is 216 g/mol. The van der Waals surface area contributed by atoms with E-state index >= 15 is 0 Å². The lowest BCUT2D eigenvalue weighted by Crippen LogP contribution is -2.16. The van der Waals surface area contributed by atoms with Crippen LogP contribution in [0.1, 0.15) is 18.6 Å². The van der Waals surface area contributed by atoms with E-state index in [1.54, 1.807) is 6.92 Å². The van der Waals surface area contributed by atoms with Gasteiger partial charge in [-0.3, -0.25) is 0 Å². The second-order valence-electron chi connectivity index (χ2n) is 3.52. The van der Waals surface area contributed by atoms with Gasteiger partial charge in [-0.15, -0.1) is 0 Å². The average molecular weight is 216 g/mol. The molecule has 0 aliphatic rings. The quantitative estimate of drug-likeness (QED) is 0.836. The summed E-state index contributed by atoms with van der Waals surface area (Å²) in [5.74, 6) is -2.23. The lowest BCUT2D eigenvalue weighted by molar-refractivity contribution is 0.0541. The molecule has 0 radical (unpaired) electrons. The van der Waals surface area contributed by atoms with Gasteiger partial charge in [0.1, 0.15) is 0 Å². The predicted molar refractivity (Wildman–Crippen MR) is 52.4 cm³/mol. The van der Waals surface area contributed by atoms with Crippen LogP contribution in [0.4, 0.5) is 8.78 Å². The molecule has 0 aliphatic heterocycles. The molecule has 0 fully saturated rings. The van der Waals surface area contributed by atoms with Crippen molar-refractivity contribution in [2.24, 2.45) is 5.92 Å². The van der Waals surface area contributed by atoms with Crippen LogP contribution in [-0.4, -0.2) is 18.8 Å². The molecule has 0 spiro atoms. The highest BCUT2D eigenvalue weighted by atomic mass is 19.2. The van der Waals surface area contributed by atoms with Crippen LogP contribution in [0, 0.1) is 17.6 Å². The fraction of sp³-hybridized carbons (Fsp3) is 0.455. The minimum absolute atomic E-state index is 0.0282. The van der Waals surface area contributed by atoms with Crippen LogP contribution in [0.25, 0.3) is 0 Å². The third-order valence-electron chi connectivity index (χ3n) is 2.27. The first kappa shape index (κ1) is 12.1. The van der Waals surface area contributed by atoms with Crippen LogP contribution in [0.5, 0.6) is 0 Å². The highest BCUT2D eigenvalue weighted by Crippen LogP contribution is 2.25. The van der Waals surface area contributed by atoms with Gasteiger partial charge in [0.05, 0.1) is 12.7 Å². The molecule has 2 unspecified atom stereocenters. The van der Waals surface area contributed by atoms with Crippen molar-refractivity contribution < 1.29 is 18.6 Å². The number of ether oxygens (including phenoxy) is 1. The summed E-state index contributed by atoms with van der Waals surface area (Å²) in [6.45, 7) is 2.00. The smallest absolute Gasteiger partial charge is 0.164 e. The van der Waals surface area contributed by atoms with E-state index in [0.29, 0.717) is 0 Å². The zero-order valence-corrected chi connectivity index (χ0v) is 8.71. The Morgan fingerprint density at radius 3 is 2.67 bits per heavy atom. The fourth-order valence-electron chi connectivity index (χ4n) is 1.41. The van der Waals surface area contributed by atoms with Crippen molar-refractivity contribution in [1.29, 1.82) is 0 Å². The van der Waals surface area contributed by atoms with Crippen molar-refractivity contribution in [3.63, 3.8) is 0 Å². The van der Waals surface area contributed by atoms with Crippen LogP contribution in [0.3, 0.4) is 0 Å². The zero-order valence-electron chi connectivity index (χ0n) is 8.71. The molecule has 0 heterocycles. The molecule has 15 heavy (non-hydrogen) atoms. The standard InChI is InChI=1S/C11H14F2O2/c1-7(6-15-2)11(14)8-4-3-5-9(12)10(8)13/h3-5,7,11,14H,6H2,1-2H3. The highest BCUT2D eigenvalue weighted by molar-refractivity contribution is 5.21. The van der Waals surface area contributed by atoms with Crippen LogP contribution in [0.2, 0.25) is 0 Å². The van der Waals surface area contributed by atoms with Gasteiger partial charge in [-0.25, -0.2) is 8.78 Å². The van der Waals surface area contributed by atoms with E-state index in [1.807, 2.05) is 0 Å². The van der Waals surface area contributed by atoms with E-state index in [4.69, 9.17) is 4.74 Å². The number of benzene rings is 1. The fourth-order valence-corrected chi connectivity index (χ4v) is 1.41. The minimum Gasteiger partial charge on any atom is -0.388 e. The van der Waals surface area contributed by atoms with E-state index in [9.17, 15) is 13.9 Å². The molecule has 4 heteroatoms. The molecular formula is C11H14F2O2. The van der Waals surface area contributed by atoms with E-state index in [-0.39, 0.29) is 18.1 Å². The van der Waals surface area contributed by atoms with E-state index < -0.39 is 17.7 Å². The van der Waals surface area contributed by atoms with Crippen molar-refractivity contribution in [2.45, 2.75) is 13.0 Å². The van der Waals surface area contributed by atoms with Crippen LogP contribution in [0.15, 0.2) is 18.2 Å². The Hall–Kier alpha value is -1.00. The summed E-state index contributed by atoms with van der Waals surface area (Å²) in [6.07, 6.45) is -1.05. The Bertz CT molecular complexity index is 328. The van der Waals surface area contributed by atoms with Gasteiger partial charge in [0.15, 0.2) is 11.6 Å². The molecule has 1 aromatic carbocycles. The van der Waals surface area contributed by atoms with E-state index in [0.717, 1.165) is 6.07 Å². The van der Waals surface area contributed by atoms with Gasteiger partial charge in [-0.05, 0) is 6.07 Å². The Morgan fingerprint density at radius 1 is 1.40 bits per heavy atom. The molecule has 1 rings (SSSR count). The zero-order chi connectivity index (χ0) is 11.4. The number of methoxy groups -OCH3 is 1. The topological polar surface area (TPSA) is 29.5 Å². The SMILES string of the molecule is COCC(C)C(O)c1cccc(F)c1F. The maximum atomic E-state index is 13.3. The molecule has 0 amide bonds. The maximum Gasteiger partial charge on any atom is 0.164 e. The third kappa shape index (κ3) is 2.73. The maximum absolute atomic E-state index is 13.3. The van der Waals surface area contributed by atoms with Crippen molar-refractivity contribution >= 4 is 0 Å². The number of rotatable bonds is 4. The van der Waals surface area contributed by atoms with Crippen LogP contribution < -0.4 is 0 Å². The average Bonchev–Trinajstić information content (AvgIpc) is 2.21. The first-order chi connectivity index (χ1) is 7.07. The first-order valence-corrected chi connectivity index (χ1v) is 4.68. The van der Waals surface area contributed by atoms with Gasteiger partial charge in [0.2, 0.25) is 0 Å². The summed E-state index contributed by atoms with van der Waals surface area (Å²) >= 11 is 0. The largest absolute Gasteiger partial charge is 0.388 e. The highest BCUT2D eigenvalue weighted by Gasteiger charge is 2.21. The third-order valence-corrected chi connectivity index (χ3v) is 2.27. The molecule has 0 saturated heterocycles. The summed E-state index contributed by atoms with van der Waals surface area (Å²) in [7, 11) is 1.49. The number of aliphatic hydroxyl groups excluding tert-OH is 1. The summed E-state index contributed by atoms with van der Waals surface area (Å²) in [6, 6.07) is 3.76. The number of aliphatic hydroxyl groups is 1. The molecule has 0 bridgehead atoms. The van der Waals surface area contributed by atoms with Gasteiger partial charge in [-0.1, -0.05) is 19.1 Å². The Labute approximate surface area is 87.5 Å². The summed E-state index contributed by atoms with van der Waals surface area (Å²) < 4.78 is 31.0. The van der Waals surface area contributed by atoms with Gasteiger partial charge >= 0.3 is 0 Å². The Morgan fingerprint density at radius 2 is 2.07 bits per heavy atom. The Balaban J connectivity index is 2.90. The van der Waals surface area contributed by atoms with Gasteiger partial charge < -0.3 is 9.84 Å².